The third kappa shape index (κ3) is 8.21. The summed E-state index contributed by atoms with van der Waals surface area (Å²) in [5.41, 5.74) is 4.91. The first-order valence-corrected chi connectivity index (χ1v) is 5.35. The van der Waals surface area contributed by atoms with Crippen molar-refractivity contribution in [3.8, 4) is 0 Å². The van der Waals surface area contributed by atoms with Crippen LogP contribution >= 0.6 is 0 Å². The summed E-state index contributed by atoms with van der Waals surface area (Å²) in [5, 5.41) is 11.1. The van der Waals surface area contributed by atoms with E-state index < -0.39 is 23.8 Å². The minimum absolute atomic E-state index is 0.00889. The number of rotatable bonds is 9. The lowest BCUT2D eigenvalue weighted by Crippen LogP contribution is -2.41. The molecule has 0 aromatic carbocycles. The Labute approximate surface area is 99.3 Å². The molecule has 0 unspecified atom stereocenters. The summed E-state index contributed by atoms with van der Waals surface area (Å²) in [4.78, 5) is 32.6. The van der Waals surface area contributed by atoms with Crippen molar-refractivity contribution in [2.75, 3.05) is 13.2 Å². The molecule has 0 aliphatic carbocycles. The number of carbonyl (C=O) groups excluding carboxylic acids is 2. The lowest BCUT2D eigenvalue weighted by Gasteiger charge is -2.13. The van der Waals surface area contributed by atoms with Crippen LogP contribution in [-0.4, -0.2) is 42.1 Å². The number of hydrogen-bond acceptors (Lipinski definition) is 4. The van der Waals surface area contributed by atoms with Gasteiger partial charge in [0.2, 0.25) is 11.8 Å². The van der Waals surface area contributed by atoms with E-state index in [9.17, 15) is 14.4 Å². The number of carboxylic acid groups (broad SMARTS) is 1. The lowest BCUT2D eigenvalue weighted by atomic mass is 10.1. The standard InChI is InChI=1S/C10H18N2O5/c1-2-17-6-5-9(14)12-7(10(15)16)3-4-8(11)13/h7H,2-6H2,1H3,(H2,11,13)(H,12,14)(H,15,16)/t7-/m0/s1. The van der Waals surface area contributed by atoms with Gasteiger partial charge in [-0.2, -0.15) is 0 Å². The van der Waals surface area contributed by atoms with Gasteiger partial charge in [-0.3, -0.25) is 9.59 Å². The normalized spacial score (nSPS) is 11.8. The van der Waals surface area contributed by atoms with Crippen molar-refractivity contribution in [1.29, 1.82) is 0 Å². The van der Waals surface area contributed by atoms with Crippen molar-refractivity contribution < 1.29 is 24.2 Å². The van der Waals surface area contributed by atoms with Crippen LogP contribution in [0.3, 0.4) is 0 Å². The molecule has 0 radical (unpaired) electrons. The Morgan fingerprint density at radius 3 is 2.47 bits per heavy atom. The summed E-state index contributed by atoms with van der Waals surface area (Å²) < 4.78 is 4.96. The number of hydrogen-bond donors (Lipinski definition) is 3. The van der Waals surface area contributed by atoms with Gasteiger partial charge in [0.15, 0.2) is 0 Å². The van der Waals surface area contributed by atoms with Crippen LogP contribution in [0, 0.1) is 0 Å². The van der Waals surface area contributed by atoms with E-state index in [2.05, 4.69) is 5.32 Å². The van der Waals surface area contributed by atoms with Crippen LogP contribution in [0.15, 0.2) is 0 Å². The molecule has 0 bridgehead atoms. The third-order valence-corrected chi connectivity index (χ3v) is 1.99. The molecule has 0 rings (SSSR count). The number of amides is 2. The van der Waals surface area contributed by atoms with Gasteiger partial charge in [0.25, 0.3) is 0 Å². The van der Waals surface area contributed by atoms with Gasteiger partial charge in [-0.15, -0.1) is 0 Å². The van der Waals surface area contributed by atoms with Crippen molar-refractivity contribution in [1.82, 2.24) is 5.32 Å². The summed E-state index contributed by atoms with van der Waals surface area (Å²) in [5.74, 6) is -2.20. The molecule has 0 aliphatic heterocycles. The molecule has 0 saturated heterocycles. The van der Waals surface area contributed by atoms with Gasteiger partial charge in [-0.25, -0.2) is 4.79 Å². The van der Waals surface area contributed by atoms with E-state index in [4.69, 9.17) is 15.6 Å². The smallest absolute Gasteiger partial charge is 0.326 e. The molecule has 0 spiro atoms. The second-order valence-corrected chi connectivity index (χ2v) is 3.41. The largest absolute Gasteiger partial charge is 0.480 e. The highest BCUT2D eigenvalue weighted by Crippen LogP contribution is 1.98. The fourth-order valence-electron chi connectivity index (χ4n) is 1.12. The zero-order chi connectivity index (χ0) is 13.3. The average Bonchev–Trinajstić information content (AvgIpc) is 2.23. The first-order valence-electron chi connectivity index (χ1n) is 5.35. The first kappa shape index (κ1) is 15.4. The summed E-state index contributed by atoms with van der Waals surface area (Å²) in [6.07, 6.45) is 0.00192. The number of nitrogens with one attached hydrogen (secondary N) is 1. The maximum Gasteiger partial charge on any atom is 0.326 e. The molecule has 0 aromatic heterocycles. The lowest BCUT2D eigenvalue weighted by molar-refractivity contribution is -0.142. The Morgan fingerprint density at radius 2 is 2.00 bits per heavy atom. The highest BCUT2D eigenvalue weighted by molar-refractivity contribution is 5.84. The molecule has 17 heavy (non-hydrogen) atoms. The van der Waals surface area contributed by atoms with Crippen LogP contribution in [0.25, 0.3) is 0 Å². The topological polar surface area (TPSA) is 119 Å². The quantitative estimate of drug-likeness (QED) is 0.462. The second-order valence-electron chi connectivity index (χ2n) is 3.41. The molecular weight excluding hydrogens is 228 g/mol. The molecule has 7 nitrogen and oxygen atoms in total. The van der Waals surface area contributed by atoms with Crippen molar-refractivity contribution in [3.63, 3.8) is 0 Å². The summed E-state index contributed by atoms with van der Waals surface area (Å²) in [7, 11) is 0. The van der Waals surface area contributed by atoms with Crippen molar-refractivity contribution in [3.05, 3.63) is 0 Å². The number of carboxylic acids is 1. The Bertz CT molecular complexity index is 280. The van der Waals surface area contributed by atoms with E-state index >= 15 is 0 Å². The van der Waals surface area contributed by atoms with Crippen LogP contribution in [-0.2, 0) is 19.1 Å². The van der Waals surface area contributed by atoms with E-state index in [1.807, 2.05) is 0 Å². The maximum atomic E-state index is 11.3. The molecule has 7 heteroatoms. The van der Waals surface area contributed by atoms with Crippen LogP contribution < -0.4 is 11.1 Å². The number of primary amides is 1. The highest BCUT2D eigenvalue weighted by atomic mass is 16.5. The molecule has 2 amide bonds. The van der Waals surface area contributed by atoms with E-state index in [-0.39, 0.29) is 25.9 Å². The van der Waals surface area contributed by atoms with Crippen LogP contribution in [0.4, 0.5) is 0 Å². The van der Waals surface area contributed by atoms with Gasteiger partial charge in [-0.05, 0) is 13.3 Å². The maximum absolute atomic E-state index is 11.3. The Balaban J connectivity index is 4.02. The monoisotopic (exact) mass is 246 g/mol. The Kier molecular flexibility index (Phi) is 7.70. The molecule has 98 valence electrons. The van der Waals surface area contributed by atoms with Crippen LogP contribution in [0.5, 0.6) is 0 Å². The summed E-state index contributed by atoms with van der Waals surface area (Å²) in [6, 6.07) is -1.09. The average molecular weight is 246 g/mol. The predicted octanol–water partition coefficient (Wildman–Crippen LogP) is -0.752. The van der Waals surface area contributed by atoms with Gasteiger partial charge in [-0.1, -0.05) is 0 Å². The van der Waals surface area contributed by atoms with Gasteiger partial charge in [0.05, 0.1) is 6.61 Å². The van der Waals surface area contributed by atoms with Gasteiger partial charge >= 0.3 is 5.97 Å². The van der Waals surface area contributed by atoms with Crippen molar-refractivity contribution >= 4 is 17.8 Å². The first-order chi connectivity index (χ1) is 7.97. The molecule has 0 fully saturated rings. The molecule has 0 aromatic rings. The number of nitrogens with two attached hydrogens (primary N) is 1. The minimum Gasteiger partial charge on any atom is -0.480 e. The molecule has 1 atom stereocenters. The van der Waals surface area contributed by atoms with Crippen LogP contribution in [0.1, 0.15) is 26.2 Å². The molecule has 0 aliphatic rings. The third-order valence-electron chi connectivity index (χ3n) is 1.99. The summed E-state index contributed by atoms with van der Waals surface area (Å²) >= 11 is 0. The molecule has 4 N–H and O–H groups in total. The zero-order valence-corrected chi connectivity index (χ0v) is 9.77. The van der Waals surface area contributed by atoms with Gasteiger partial charge in [0.1, 0.15) is 6.04 Å². The number of ether oxygens (including phenoxy) is 1. The van der Waals surface area contributed by atoms with E-state index in [1.165, 1.54) is 0 Å². The zero-order valence-electron chi connectivity index (χ0n) is 9.77. The molecular formula is C10H18N2O5. The number of aliphatic carboxylic acids is 1. The van der Waals surface area contributed by atoms with E-state index in [0.29, 0.717) is 6.61 Å². The highest BCUT2D eigenvalue weighted by Gasteiger charge is 2.20. The van der Waals surface area contributed by atoms with Crippen molar-refractivity contribution in [2.45, 2.75) is 32.2 Å². The van der Waals surface area contributed by atoms with Crippen LogP contribution in [0.2, 0.25) is 0 Å². The van der Waals surface area contributed by atoms with Crippen molar-refractivity contribution in [2.24, 2.45) is 5.73 Å². The molecule has 0 saturated carbocycles. The predicted molar refractivity (Wildman–Crippen MR) is 59.1 cm³/mol. The van der Waals surface area contributed by atoms with Gasteiger partial charge < -0.3 is 20.9 Å². The van der Waals surface area contributed by atoms with E-state index in [0.717, 1.165) is 0 Å². The van der Waals surface area contributed by atoms with Gasteiger partial charge in [0, 0.05) is 19.4 Å². The fourth-order valence-corrected chi connectivity index (χ4v) is 1.12. The number of carbonyl (C=O) groups is 3. The van der Waals surface area contributed by atoms with E-state index in [1.54, 1.807) is 6.92 Å². The Morgan fingerprint density at radius 1 is 1.35 bits per heavy atom. The fraction of sp³-hybridized carbons (Fsp3) is 0.700. The SMILES string of the molecule is CCOCCC(=O)N[C@@H](CCC(N)=O)C(=O)O. The Hall–Kier alpha value is -1.63. The minimum atomic E-state index is -1.18. The summed E-state index contributed by atoms with van der Waals surface area (Å²) in [6.45, 7) is 2.53. The second kappa shape index (κ2) is 8.51. The molecule has 0 heterocycles.